The van der Waals surface area contributed by atoms with Gasteiger partial charge in [0.1, 0.15) is 12.2 Å². The van der Waals surface area contributed by atoms with Crippen molar-refractivity contribution in [2.24, 2.45) is 5.73 Å². The van der Waals surface area contributed by atoms with Gasteiger partial charge in [-0.3, -0.25) is 4.68 Å². The molecule has 0 aliphatic heterocycles. The van der Waals surface area contributed by atoms with Crippen molar-refractivity contribution >= 4 is 0 Å². The van der Waals surface area contributed by atoms with Gasteiger partial charge in [0.2, 0.25) is 0 Å². The fourth-order valence-corrected chi connectivity index (χ4v) is 2.16. The number of hydrogen-bond donors (Lipinski definition) is 1. The Balaban J connectivity index is 2.06. The van der Waals surface area contributed by atoms with Crippen LogP contribution < -0.4 is 5.73 Å². The summed E-state index contributed by atoms with van der Waals surface area (Å²) in [5.74, 6) is 0.967. The molecule has 0 bridgehead atoms. The number of rotatable bonds is 6. The van der Waals surface area contributed by atoms with Crippen LogP contribution in [0, 0.1) is 0 Å². The first-order valence-corrected chi connectivity index (χ1v) is 6.95. The first kappa shape index (κ1) is 13.7. The number of nitrogens with two attached hydrogens (primary N) is 1. The Morgan fingerprint density at radius 2 is 1.95 bits per heavy atom. The van der Waals surface area contributed by atoms with Gasteiger partial charge in [-0.1, -0.05) is 38.1 Å². The third-order valence-electron chi connectivity index (χ3n) is 3.35. The van der Waals surface area contributed by atoms with Crippen LogP contribution in [0.25, 0.3) is 0 Å². The highest BCUT2D eigenvalue weighted by atomic mass is 15.3. The largest absolute Gasteiger partial charge is 0.324 e. The molecular weight excluding hydrogens is 236 g/mol. The maximum Gasteiger partial charge on any atom is 0.138 e. The Hall–Kier alpha value is -1.68. The molecule has 2 rings (SSSR count). The van der Waals surface area contributed by atoms with Gasteiger partial charge in [0.05, 0.1) is 0 Å². The maximum absolute atomic E-state index is 6.26. The zero-order valence-corrected chi connectivity index (χ0v) is 11.7. The van der Waals surface area contributed by atoms with Crippen LogP contribution in [0.2, 0.25) is 0 Å². The molecule has 0 spiro atoms. The normalized spacial score (nSPS) is 12.6. The predicted octanol–water partition coefficient (Wildman–Crippen LogP) is 2.49. The molecule has 1 unspecified atom stereocenters. The van der Waals surface area contributed by atoms with Crippen LogP contribution >= 0.6 is 0 Å². The van der Waals surface area contributed by atoms with Gasteiger partial charge in [-0.25, -0.2) is 4.98 Å². The monoisotopic (exact) mass is 258 g/mol. The average molecular weight is 258 g/mol. The first-order chi connectivity index (χ1) is 9.24. The topological polar surface area (TPSA) is 56.7 Å². The van der Waals surface area contributed by atoms with Crippen molar-refractivity contribution < 1.29 is 0 Å². The molecular formula is C15H22N4. The van der Waals surface area contributed by atoms with E-state index in [1.165, 1.54) is 5.56 Å². The summed E-state index contributed by atoms with van der Waals surface area (Å²) in [4.78, 5) is 4.31. The van der Waals surface area contributed by atoms with Gasteiger partial charge in [0, 0.05) is 19.0 Å². The Labute approximate surface area is 114 Å². The lowest BCUT2D eigenvalue weighted by Gasteiger charge is -2.13. The molecule has 0 amide bonds. The summed E-state index contributed by atoms with van der Waals surface area (Å²) in [5, 5.41) is 4.23. The van der Waals surface area contributed by atoms with Gasteiger partial charge in [-0.05, 0) is 24.0 Å². The van der Waals surface area contributed by atoms with E-state index in [4.69, 9.17) is 5.73 Å². The van der Waals surface area contributed by atoms with E-state index in [2.05, 4.69) is 48.2 Å². The maximum atomic E-state index is 6.26. The van der Waals surface area contributed by atoms with E-state index in [1.807, 2.05) is 4.68 Å². The summed E-state index contributed by atoms with van der Waals surface area (Å²) in [6.45, 7) is 5.19. The van der Waals surface area contributed by atoms with Crippen molar-refractivity contribution in [1.82, 2.24) is 14.8 Å². The Bertz CT molecular complexity index is 501. The highest BCUT2D eigenvalue weighted by Gasteiger charge is 2.11. The smallest absolute Gasteiger partial charge is 0.138 e. The van der Waals surface area contributed by atoms with Gasteiger partial charge < -0.3 is 5.73 Å². The predicted molar refractivity (Wildman–Crippen MR) is 76.8 cm³/mol. The van der Waals surface area contributed by atoms with Crippen LogP contribution in [0.15, 0.2) is 30.6 Å². The second-order valence-corrected chi connectivity index (χ2v) is 4.81. The highest BCUT2D eigenvalue weighted by Crippen LogP contribution is 2.16. The molecule has 0 aliphatic rings. The fraction of sp³-hybridized carbons (Fsp3) is 0.467. The lowest BCUT2D eigenvalue weighted by atomic mass is 10.0. The summed E-state index contributed by atoms with van der Waals surface area (Å²) < 4.78 is 1.94. The molecule has 1 aromatic heterocycles. The van der Waals surface area contributed by atoms with E-state index in [0.717, 1.165) is 37.2 Å². The minimum absolute atomic E-state index is 0.0225. The van der Waals surface area contributed by atoms with Gasteiger partial charge in [-0.2, -0.15) is 5.10 Å². The van der Waals surface area contributed by atoms with Gasteiger partial charge in [0.25, 0.3) is 0 Å². The standard InChI is InChI=1S/C15H22N4/c1-3-9-19-15(17-11-18-19)10-14(16)13-7-5-12(4-2)6-8-13/h5-8,11,14H,3-4,9-10,16H2,1-2H3. The molecule has 2 N–H and O–H groups in total. The molecule has 4 heteroatoms. The van der Waals surface area contributed by atoms with E-state index in [9.17, 15) is 0 Å². The van der Waals surface area contributed by atoms with Gasteiger partial charge >= 0.3 is 0 Å². The van der Waals surface area contributed by atoms with Crippen LogP contribution in [-0.4, -0.2) is 14.8 Å². The summed E-state index contributed by atoms with van der Waals surface area (Å²) in [6.07, 6.45) is 4.44. The molecule has 0 saturated carbocycles. The lowest BCUT2D eigenvalue weighted by molar-refractivity contribution is 0.548. The molecule has 19 heavy (non-hydrogen) atoms. The van der Waals surface area contributed by atoms with E-state index >= 15 is 0 Å². The van der Waals surface area contributed by atoms with E-state index in [-0.39, 0.29) is 6.04 Å². The van der Waals surface area contributed by atoms with E-state index in [1.54, 1.807) is 6.33 Å². The van der Waals surface area contributed by atoms with Crippen molar-refractivity contribution in [2.75, 3.05) is 0 Å². The third-order valence-corrected chi connectivity index (χ3v) is 3.35. The molecule has 1 aromatic carbocycles. The molecule has 4 nitrogen and oxygen atoms in total. The first-order valence-electron chi connectivity index (χ1n) is 6.95. The molecule has 102 valence electrons. The van der Waals surface area contributed by atoms with E-state index in [0.29, 0.717) is 0 Å². The minimum Gasteiger partial charge on any atom is -0.324 e. The second-order valence-electron chi connectivity index (χ2n) is 4.81. The summed E-state index contributed by atoms with van der Waals surface area (Å²) >= 11 is 0. The molecule has 0 radical (unpaired) electrons. The van der Waals surface area contributed by atoms with Crippen molar-refractivity contribution in [1.29, 1.82) is 0 Å². The fourth-order valence-electron chi connectivity index (χ4n) is 2.16. The van der Waals surface area contributed by atoms with Crippen LogP contribution in [0.4, 0.5) is 0 Å². The van der Waals surface area contributed by atoms with Crippen molar-refractivity contribution in [3.8, 4) is 0 Å². The summed E-state index contributed by atoms with van der Waals surface area (Å²) in [7, 11) is 0. The van der Waals surface area contributed by atoms with Gasteiger partial charge in [-0.15, -0.1) is 0 Å². The van der Waals surface area contributed by atoms with Crippen LogP contribution in [0.5, 0.6) is 0 Å². The summed E-state index contributed by atoms with van der Waals surface area (Å²) in [5.41, 5.74) is 8.76. The molecule has 1 atom stereocenters. The number of aryl methyl sites for hydroxylation is 2. The third kappa shape index (κ3) is 3.41. The Morgan fingerprint density at radius 1 is 1.21 bits per heavy atom. The zero-order chi connectivity index (χ0) is 13.7. The summed E-state index contributed by atoms with van der Waals surface area (Å²) in [6, 6.07) is 8.50. The molecule has 1 heterocycles. The zero-order valence-electron chi connectivity index (χ0n) is 11.7. The highest BCUT2D eigenvalue weighted by molar-refractivity contribution is 5.25. The van der Waals surface area contributed by atoms with Crippen LogP contribution in [0.3, 0.4) is 0 Å². The number of benzene rings is 1. The number of hydrogen-bond acceptors (Lipinski definition) is 3. The number of aromatic nitrogens is 3. The Morgan fingerprint density at radius 3 is 2.58 bits per heavy atom. The minimum atomic E-state index is -0.0225. The average Bonchev–Trinajstić information content (AvgIpc) is 2.86. The van der Waals surface area contributed by atoms with Crippen molar-refractivity contribution in [3.63, 3.8) is 0 Å². The number of nitrogens with zero attached hydrogens (tertiary/aromatic N) is 3. The molecule has 0 fully saturated rings. The van der Waals surface area contributed by atoms with Gasteiger partial charge in [0.15, 0.2) is 0 Å². The van der Waals surface area contributed by atoms with Crippen LogP contribution in [0.1, 0.15) is 43.3 Å². The molecule has 2 aromatic rings. The molecule has 0 aliphatic carbocycles. The lowest BCUT2D eigenvalue weighted by Crippen LogP contribution is -2.17. The van der Waals surface area contributed by atoms with Crippen molar-refractivity contribution in [3.05, 3.63) is 47.5 Å². The quantitative estimate of drug-likeness (QED) is 0.866. The van der Waals surface area contributed by atoms with Crippen molar-refractivity contribution in [2.45, 2.75) is 45.7 Å². The second kappa shape index (κ2) is 6.48. The SMILES string of the molecule is CCCn1ncnc1CC(N)c1ccc(CC)cc1. The molecule has 0 saturated heterocycles. The van der Waals surface area contributed by atoms with E-state index < -0.39 is 0 Å². The van der Waals surface area contributed by atoms with Crippen LogP contribution in [-0.2, 0) is 19.4 Å². The Kier molecular flexibility index (Phi) is 4.68.